The van der Waals surface area contributed by atoms with Crippen molar-refractivity contribution in [2.45, 2.75) is 277 Å². The summed E-state index contributed by atoms with van der Waals surface area (Å²) in [7, 11) is 0. The summed E-state index contributed by atoms with van der Waals surface area (Å²) in [4.78, 5) is 38.0. The number of hydrogen-bond acceptors (Lipinski definition) is 6. The fourth-order valence-electron chi connectivity index (χ4n) is 7.66. The SMILES string of the molecule is CC/C=C\C/C=C\C/C=C\C/C=C\CCCCC(=O)OC(COC(=O)CCCCCCC/C=C\CCCCC)COC(=O)CCCCCCCCCCCCCCCCCCCCC. The first-order valence-corrected chi connectivity index (χ1v) is 27.3. The Labute approximate surface area is 396 Å². The molecule has 370 valence electrons. The molecule has 0 saturated heterocycles. The molecule has 0 heterocycles. The summed E-state index contributed by atoms with van der Waals surface area (Å²) in [5.41, 5.74) is 0. The number of allylic oxidation sites excluding steroid dienone is 10. The lowest BCUT2D eigenvalue weighted by atomic mass is 10.0. The minimum Gasteiger partial charge on any atom is -0.462 e. The number of esters is 3. The van der Waals surface area contributed by atoms with Crippen LogP contribution in [0.1, 0.15) is 271 Å². The lowest BCUT2D eigenvalue weighted by molar-refractivity contribution is -0.167. The molecule has 0 amide bonds. The highest BCUT2D eigenvalue weighted by Crippen LogP contribution is 2.16. The molecule has 1 unspecified atom stereocenters. The molecule has 0 bridgehead atoms. The van der Waals surface area contributed by atoms with E-state index >= 15 is 0 Å². The fourth-order valence-corrected chi connectivity index (χ4v) is 7.66. The smallest absolute Gasteiger partial charge is 0.306 e. The van der Waals surface area contributed by atoms with Crippen molar-refractivity contribution in [1.29, 1.82) is 0 Å². The molecule has 6 heteroatoms. The van der Waals surface area contributed by atoms with Gasteiger partial charge in [-0.25, -0.2) is 0 Å². The van der Waals surface area contributed by atoms with Gasteiger partial charge in [-0.2, -0.15) is 0 Å². The van der Waals surface area contributed by atoms with Crippen molar-refractivity contribution in [3.8, 4) is 0 Å². The quantitative estimate of drug-likeness (QED) is 0.0262. The number of carbonyl (C=O) groups excluding carboxylic acids is 3. The molecule has 0 fully saturated rings. The Balaban J connectivity index is 4.38. The third-order valence-corrected chi connectivity index (χ3v) is 11.8. The summed E-state index contributed by atoms with van der Waals surface area (Å²) >= 11 is 0. The Kier molecular flexibility index (Phi) is 50.4. The van der Waals surface area contributed by atoms with E-state index in [9.17, 15) is 14.4 Å². The summed E-state index contributed by atoms with van der Waals surface area (Å²) in [6, 6.07) is 0. The van der Waals surface area contributed by atoms with Crippen molar-refractivity contribution < 1.29 is 28.6 Å². The van der Waals surface area contributed by atoms with Crippen LogP contribution in [0.5, 0.6) is 0 Å². The van der Waals surface area contributed by atoms with Crippen molar-refractivity contribution in [2.75, 3.05) is 13.2 Å². The van der Waals surface area contributed by atoms with Gasteiger partial charge >= 0.3 is 17.9 Å². The van der Waals surface area contributed by atoms with Crippen LogP contribution < -0.4 is 0 Å². The zero-order valence-corrected chi connectivity index (χ0v) is 42.3. The molecule has 6 nitrogen and oxygen atoms in total. The molecule has 0 aliphatic carbocycles. The van der Waals surface area contributed by atoms with E-state index in [1.807, 2.05) is 0 Å². The van der Waals surface area contributed by atoms with Gasteiger partial charge in [-0.15, -0.1) is 0 Å². The molecular formula is C58H102O6. The minimum absolute atomic E-state index is 0.0913. The van der Waals surface area contributed by atoms with Crippen LogP contribution in [0.25, 0.3) is 0 Å². The van der Waals surface area contributed by atoms with Gasteiger partial charge in [0.2, 0.25) is 0 Å². The van der Waals surface area contributed by atoms with Crippen molar-refractivity contribution in [2.24, 2.45) is 0 Å². The molecule has 0 aliphatic heterocycles. The number of unbranched alkanes of at least 4 members (excludes halogenated alkanes) is 28. The maximum Gasteiger partial charge on any atom is 0.306 e. The summed E-state index contributed by atoms with van der Waals surface area (Å²) < 4.78 is 16.8. The first-order chi connectivity index (χ1) is 31.5. The Morgan fingerprint density at radius 3 is 1.03 bits per heavy atom. The molecule has 0 N–H and O–H groups in total. The van der Waals surface area contributed by atoms with Crippen LogP contribution in [-0.4, -0.2) is 37.2 Å². The third-order valence-electron chi connectivity index (χ3n) is 11.8. The maximum absolute atomic E-state index is 12.8. The van der Waals surface area contributed by atoms with E-state index < -0.39 is 6.10 Å². The van der Waals surface area contributed by atoms with E-state index in [0.29, 0.717) is 19.3 Å². The summed E-state index contributed by atoms with van der Waals surface area (Å²) in [6.45, 7) is 6.48. The second kappa shape index (κ2) is 52.7. The van der Waals surface area contributed by atoms with Gasteiger partial charge < -0.3 is 14.2 Å². The Morgan fingerprint density at radius 1 is 0.328 bits per heavy atom. The minimum atomic E-state index is -0.796. The molecule has 0 saturated carbocycles. The average molecular weight is 895 g/mol. The molecular weight excluding hydrogens is 793 g/mol. The molecule has 0 aliphatic rings. The molecule has 0 radical (unpaired) electrons. The van der Waals surface area contributed by atoms with Gasteiger partial charge in [-0.3, -0.25) is 14.4 Å². The van der Waals surface area contributed by atoms with E-state index in [4.69, 9.17) is 14.2 Å². The van der Waals surface area contributed by atoms with Crippen molar-refractivity contribution in [3.05, 3.63) is 60.8 Å². The number of carbonyl (C=O) groups is 3. The second-order valence-electron chi connectivity index (χ2n) is 18.1. The van der Waals surface area contributed by atoms with Gasteiger partial charge in [0.25, 0.3) is 0 Å². The van der Waals surface area contributed by atoms with Crippen molar-refractivity contribution >= 4 is 17.9 Å². The highest BCUT2D eigenvalue weighted by Gasteiger charge is 2.19. The van der Waals surface area contributed by atoms with Crippen LogP contribution in [0.15, 0.2) is 60.8 Å². The molecule has 64 heavy (non-hydrogen) atoms. The Bertz CT molecular complexity index is 1170. The molecule has 0 rings (SSSR count). The van der Waals surface area contributed by atoms with E-state index in [1.54, 1.807) is 0 Å². The molecule has 0 aromatic rings. The zero-order chi connectivity index (χ0) is 46.5. The molecule has 0 aromatic heterocycles. The van der Waals surface area contributed by atoms with Crippen LogP contribution in [0.3, 0.4) is 0 Å². The number of rotatable bonds is 49. The van der Waals surface area contributed by atoms with Crippen LogP contribution >= 0.6 is 0 Å². The van der Waals surface area contributed by atoms with Crippen LogP contribution in [0.4, 0.5) is 0 Å². The van der Waals surface area contributed by atoms with E-state index in [-0.39, 0.29) is 37.5 Å². The normalized spacial score (nSPS) is 12.5. The number of ether oxygens (including phenoxy) is 3. The second-order valence-corrected chi connectivity index (χ2v) is 18.1. The monoisotopic (exact) mass is 895 g/mol. The predicted molar refractivity (Wildman–Crippen MR) is 275 cm³/mol. The van der Waals surface area contributed by atoms with Crippen molar-refractivity contribution in [1.82, 2.24) is 0 Å². The summed E-state index contributed by atoms with van der Waals surface area (Å²) in [5, 5.41) is 0. The van der Waals surface area contributed by atoms with Gasteiger partial charge in [0.1, 0.15) is 13.2 Å². The third kappa shape index (κ3) is 50.1. The standard InChI is InChI=1S/C58H102O6/c1-4-7-10-13-16-19-22-25-27-28-29-30-32-33-36-39-42-45-48-51-57(60)63-54-55(53-62-56(59)50-47-44-41-38-35-24-21-18-15-12-9-6-3)64-58(61)52-49-46-43-40-37-34-31-26-23-20-17-14-11-8-5-2/h8,11,17-18,20-21,26,31,37,40,55H,4-7,9-10,12-16,19,22-25,27-30,32-36,38-39,41-54H2,1-3H3/b11-8-,20-17-,21-18-,31-26-,40-37-. The number of hydrogen-bond donors (Lipinski definition) is 0. The van der Waals surface area contributed by atoms with Gasteiger partial charge in [0.05, 0.1) is 0 Å². The highest BCUT2D eigenvalue weighted by molar-refractivity contribution is 5.71. The summed E-state index contributed by atoms with van der Waals surface area (Å²) in [5.74, 6) is -0.935. The summed E-state index contributed by atoms with van der Waals surface area (Å²) in [6.07, 6.45) is 65.0. The van der Waals surface area contributed by atoms with Gasteiger partial charge in [-0.05, 0) is 83.5 Å². The van der Waals surface area contributed by atoms with Gasteiger partial charge in [-0.1, -0.05) is 229 Å². The van der Waals surface area contributed by atoms with Gasteiger partial charge in [0.15, 0.2) is 6.10 Å². The molecule has 0 aromatic carbocycles. The molecule has 0 spiro atoms. The largest absolute Gasteiger partial charge is 0.462 e. The van der Waals surface area contributed by atoms with Crippen LogP contribution in [0.2, 0.25) is 0 Å². The maximum atomic E-state index is 12.8. The van der Waals surface area contributed by atoms with Crippen molar-refractivity contribution in [3.63, 3.8) is 0 Å². The van der Waals surface area contributed by atoms with Crippen LogP contribution in [-0.2, 0) is 28.6 Å². The van der Waals surface area contributed by atoms with Gasteiger partial charge in [0, 0.05) is 19.3 Å². The lowest BCUT2D eigenvalue weighted by Gasteiger charge is -2.18. The Hall–Kier alpha value is -2.89. The predicted octanol–water partition coefficient (Wildman–Crippen LogP) is 18.0. The average Bonchev–Trinajstić information content (AvgIpc) is 3.29. The van der Waals surface area contributed by atoms with Crippen LogP contribution in [0, 0.1) is 0 Å². The Morgan fingerprint density at radius 2 is 0.609 bits per heavy atom. The highest BCUT2D eigenvalue weighted by atomic mass is 16.6. The topological polar surface area (TPSA) is 78.9 Å². The van der Waals surface area contributed by atoms with E-state index in [1.165, 1.54) is 141 Å². The molecule has 1 atom stereocenters. The van der Waals surface area contributed by atoms with E-state index in [2.05, 4.69) is 81.5 Å². The van der Waals surface area contributed by atoms with E-state index in [0.717, 1.165) is 83.5 Å². The zero-order valence-electron chi connectivity index (χ0n) is 42.3. The lowest BCUT2D eigenvalue weighted by Crippen LogP contribution is -2.30. The first kappa shape index (κ1) is 61.1. The first-order valence-electron chi connectivity index (χ1n) is 27.3. The fraction of sp³-hybridized carbons (Fsp3) is 0.776.